The van der Waals surface area contributed by atoms with E-state index in [1.54, 1.807) is 7.11 Å². The maximum Gasteiger partial charge on any atom is 0.173 e. The minimum Gasteiger partial charge on any atom is -0.497 e. The van der Waals surface area contributed by atoms with Gasteiger partial charge < -0.3 is 4.74 Å². The summed E-state index contributed by atoms with van der Waals surface area (Å²) in [6.45, 7) is 6.27. The first-order valence-corrected chi connectivity index (χ1v) is 8.21. The third kappa shape index (κ3) is 3.19. The lowest BCUT2D eigenvalue weighted by molar-refractivity contribution is 0.277. The number of rotatable bonds is 4. The van der Waals surface area contributed by atoms with E-state index < -0.39 is 0 Å². The Morgan fingerprint density at radius 1 is 1.16 bits per heavy atom. The summed E-state index contributed by atoms with van der Waals surface area (Å²) in [7, 11) is 5.72. The zero-order valence-electron chi connectivity index (χ0n) is 15.6. The molecule has 1 unspecified atom stereocenters. The van der Waals surface area contributed by atoms with Gasteiger partial charge in [-0.1, -0.05) is 0 Å². The lowest BCUT2D eigenvalue weighted by Crippen LogP contribution is -2.31. The SMILES string of the molecule is COc1ccc2nccc(C(c3nnnn3C(C)(C)C)N(C)C)c2c1. The van der Waals surface area contributed by atoms with Crippen LogP contribution in [0.1, 0.15) is 38.2 Å². The molecule has 0 fully saturated rings. The van der Waals surface area contributed by atoms with Gasteiger partial charge in [-0.2, -0.15) is 0 Å². The van der Waals surface area contributed by atoms with Crippen LogP contribution in [-0.2, 0) is 5.54 Å². The van der Waals surface area contributed by atoms with Crippen LogP contribution in [0, 0.1) is 0 Å². The maximum absolute atomic E-state index is 5.40. The predicted octanol–water partition coefficient (Wildman–Crippen LogP) is 2.64. The molecule has 0 saturated carbocycles. The van der Waals surface area contributed by atoms with Gasteiger partial charge in [-0.05, 0) is 75.1 Å². The van der Waals surface area contributed by atoms with Crippen molar-refractivity contribution >= 4 is 10.9 Å². The highest BCUT2D eigenvalue weighted by molar-refractivity contribution is 5.84. The summed E-state index contributed by atoms with van der Waals surface area (Å²) >= 11 is 0. The Morgan fingerprint density at radius 3 is 2.56 bits per heavy atom. The average molecular weight is 340 g/mol. The molecular weight excluding hydrogens is 316 g/mol. The van der Waals surface area contributed by atoms with Crippen LogP contribution in [0.4, 0.5) is 0 Å². The van der Waals surface area contributed by atoms with Gasteiger partial charge in [-0.25, -0.2) is 4.68 Å². The smallest absolute Gasteiger partial charge is 0.173 e. The van der Waals surface area contributed by atoms with Crippen molar-refractivity contribution in [3.05, 3.63) is 41.9 Å². The van der Waals surface area contributed by atoms with Crippen molar-refractivity contribution in [3.63, 3.8) is 0 Å². The summed E-state index contributed by atoms with van der Waals surface area (Å²) in [4.78, 5) is 6.59. The normalized spacial score (nSPS) is 13.4. The Balaban J connectivity index is 2.24. The van der Waals surface area contributed by atoms with Gasteiger partial charge in [-0.15, -0.1) is 5.10 Å². The molecule has 132 valence electrons. The van der Waals surface area contributed by atoms with Crippen molar-refractivity contribution in [1.82, 2.24) is 30.1 Å². The van der Waals surface area contributed by atoms with Crippen molar-refractivity contribution in [3.8, 4) is 5.75 Å². The summed E-state index contributed by atoms with van der Waals surface area (Å²) < 4.78 is 7.28. The largest absolute Gasteiger partial charge is 0.497 e. The van der Waals surface area contributed by atoms with Crippen LogP contribution in [0.15, 0.2) is 30.5 Å². The summed E-state index contributed by atoms with van der Waals surface area (Å²) in [6.07, 6.45) is 1.83. The van der Waals surface area contributed by atoms with E-state index in [2.05, 4.69) is 46.2 Å². The lowest BCUT2D eigenvalue weighted by atomic mass is 9.99. The zero-order chi connectivity index (χ0) is 18.2. The second kappa shape index (κ2) is 6.40. The fourth-order valence-corrected chi connectivity index (χ4v) is 3.00. The molecule has 1 atom stereocenters. The molecule has 1 aromatic carbocycles. The second-order valence-electron chi connectivity index (χ2n) is 7.27. The number of ether oxygens (including phenoxy) is 1. The van der Waals surface area contributed by atoms with E-state index in [4.69, 9.17) is 4.74 Å². The Morgan fingerprint density at radius 2 is 1.92 bits per heavy atom. The minimum absolute atomic E-state index is 0.105. The van der Waals surface area contributed by atoms with Gasteiger partial charge in [0.1, 0.15) is 5.75 Å². The van der Waals surface area contributed by atoms with E-state index in [9.17, 15) is 0 Å². The molecule has 0 aliphatic heterocycles. The van der Waals surface area contributed by atoms with Crippen LogP contribution in [-0.4, -0.2) is 51.3 Å². The van der Waals surface area contributed by atoms with Gasteiger partial charge in [0.2, 0.25) is 0 Å². The standard InChI is InChI=1S/C18H24N6O/c1-18(2,3)24-17(20-21-22-24)16(23(4)5)13-9-10-19-15-8-7-12(25-6)11-14(13)15/h7-11,16H,1-6H3. The maximum atomic E-state index is 5.40. The number of pyridine rings is 1. The highest BCUT2D eigenvalue weighted by atomic mass is 16.5. The predicted molar refractivity (Wildman–Crippen MR) is 96.6 cm³/mol. The van der Waals surface area contributed by atoms with Gasteiger partial charge in [-0.3, -0.25) is 9.88 Å². The molecule has 2 heterocycles. The zero-order valence-corrected chi connectivity index (χ0v) is 15.6. The van der Waals surface area contributed by atoms with E-state index in [1.165, 1.54) is 0 Å². The van der Waals surface area contributed by atoms with E-state index in [1.807, 2.05) is 49.2 Å². The quantitative estimate of drug-likeness (QED) is 0.727. The Bertz CT molecular complexity index is 881. The molecule has 0 N–H and O–H groups in total. The number of benzene rings is 1. The number of fused-ring (bicyclic) bond motifs is 1. The molecule has 0 aliphatic rings. The average Bonchev–Trinajstić information content (AvgIpc) is 3.04. The summed E-state index contributed by atoms with van der Waals surface area (Å²) in [5, 5.41) is 13.5. The summed E-state index contributed by atoms with van der Waals surface area (Å²) in [5.41, 5.74) is 1.79. The second-order valence-corrected chi connectivity index (χ2v) is 7.27. The first kappa shape index (κ1) is 17.3. The van der Waals surface area contributed by atoms with Crippen LogP contribution >= 0.6 is 0 Å². The number of methoxy groups -OCH3 is 1. The molecule has 25 heavy (non-hydrogen) atoms. The fourth-order valence-electron chi connectivity index (χ4n) is 3.00. The molecule has 7 heteroatoms. The van der Waals surface area contributed by atoms with E-state index in [-0.39, 0.29) is 11.6 Å². The summed E-state index contributed by atoms with van der Waals surface area (Å²) in [6, 6.07) is 7.82. The Kier molecular flexibility index (Phi) is 4.43. The van der Waals surface area contributed by atoms with E-state index >= 15 is 0 Å². The van der Waals surface area contributed by atoms with Gasteiger partial charge in [0.05, 0.1) is 24.2 Å². The van der Waals surface area contributed by atoms with Crippen molar-refractivity contribution in [2.24, 2.45) is 0 Å². The number of aromatic nitrogens is 5. The van der Waals surface area contributed by atoms with Gasteiger partial charge >= 0.3 is 0 Å². The molecule has 3 rings (SSSR count). The van der Waals surface area contributed by atoms with E-state index in [0.29, 0.717) is 0 Å². The molecule has 0 radical (unpaired) electrons. The Hall–Kier alpha value is -2.54. The topological polar surface area (TPSA) is 69.0 Å². The third-order valence-corrected chi connectivity index (χ3v) is 4.17. The number of hydrogen-bond donors (Lipinski definition) is 0. The first-order valence-electron chi connectivity index (χ1n) is 8.21. The van der Waals surface area contributed by atoms with Crippen molar-refractivity contribution in [1.29, 1.82) is 0 Å². The van der Waals surface area contributed by atoms with Gasteiger partial charge in [0.25, 0.3) is 0 Å². The van der Waals surface area contributed by atoms with Crippen LogP contribution in [0.3, 0.4) is 0 Å². The molecule has 0 amide bonds. The molecule has 3 aromatic rings. The van der Waals surface area contributed by atoms with Crippen molar-refractivity contribution in [2.75, 3.05) is 21.2 Å². The number of nitrogens with zero attached hydrogens (tertiary/aromatic N) is 6. The third-order valence-electron chi connectivity index (χ3n) is 4.17. The monoisotopic (exact) mass is 340 g/mol. The van der Waals surface area contributed by atoms with Crippen LogP contribution < -0.4 is 4.74 Å². The molecular formula is C18H24N6O. The van der Waals surface area contributed by atoms with Crippen LogP contribution in [0.2, 0.25) is 0 Å². The molecule has 0 spiro atoms. The van der Waals surface area contributed by atoms with E-state index in [0.717, 1.165) is 28.0 Å². The lowest BCUT2D eigenvalue weighted by Gasteiger charge is -2.28. The highest BCUT2D eigenvalue weighted by Gasteiger charge is 2.29. The van der Waals surface area contributed by atoms with Crippen LogP contribution in [0.5, 0.6) is 5.75 Å². The highest BCUT2D eigenvalue weighted by Crippen LogP contribution is 2.33. The van der Waals surface area contributed by atoms with Crippen LogP contribution in [0.25, 0.3) is 10.9 Å². The molecule has 7 nitrogen and oxygen atoms in total. The molecule has 0 bridgehead atoms. The fraction of sp³-hybridized carbons (Fsp3) is 0.444. The number of hydrogen-bond acceptors (Lipinski definition) is 6. The van der Waals surface area contributed by atoms with Gasteiger partial charge in [0.15, 0.2) is 5.82 Å². The van der Waals surface area contributed by atoms with Crippen molar-refractivity contribution in [2.45, 2.75) is 32.4 Å². The van der Waals surface area contributed by atoms with Gasteiger partial charge in [0, 0.05) is 11.6 Å². The first-order chi connectivity index (χ1) is 11.8. The summed E-state index contributed by atoms with van der Waals surface area (Å²) in [5.74, 6) is 1.60. The van der Waals surface area contributed by atoms with Crippen molar-refractivity contribution < 1.29 is 4.74 Å². The number of tetrazole rings is 1. The molecule has 2 aromatic heterocycles. The molecule has 0 aliphatic carbocycles. The molecule has 0 saturated heterocycles. The Labute approximate surface area is 147 Å². The minimum atomic E-state index is -0.215.